The summed E-state index contributed by atoms with van der Waals surface area (Å²) in [5, 5.41) is 3.15. The lowest BCUT2D eigenvalue weighted by molar-refractivity contribution is -0.122. The summed E-state index contributed by atoms with van der Waals surface area (Å²) in [5.74, 6) is 0.667. The van der Waals surface area contributed by atoms with Crippen molar-refractivity contribution < 1.29 is 4.79 Å². The van der Waals surface area contributed by atoms with Gasteiger partial charge in [-0.15, -0.1) is 12.4 Å². The normalized spacial score (nSPS) is 23.5. The minimum Gasteiger partial charge on any atom is -0.353 e. The fourth-order valence-electron chi connectivity index (χ4n) is 2.81. The molecule has 0 saturated heterocycles. The Morgan fingerprint density at radius 2 is 1.95 bits per heavy atom. The molecule has 1 fully saturated rings. The highest BCUT2D eigenvalue weighted by Crippen LogP contribution is 2.24. The van der Waals surface area contributed by atoms with Crippen LogP contribution in [0.3, 0.4) is 0 Å². The molecule has 0 spiro atoms. The number of amides is 1. The molecular weight excluding hydrogens is 272 g/mol. The second-order valence-corrected chi connectivity index (χ2v) is 5.66. The van der Waals surface area contributed by atoms with Crippen LogP contribution in [0.2, 0.25) is 0 Å². The maximum absolute atomic E-state index is 12.0. The molecular formula is C16H25ClN2O. The first-order valence-electron chi connectivity index (χ1n) is 7.26. The van der Waals surface area contributed by atoms with Crippen molar-refractivity contribution in [2.24, 2.45) is 11.7 Å². The number of nitrogens with two attached hydrogens (primary N) is 1. The van der Waals surface area contributed by atoms with Crippen LogP contribution in [0, 0.1) is 5.92 Å². The third kappa shape index (κ3) is 4.80. The summed E-state index contributed by atoms with van der Waals surface area (Å²) >= 11 is 0. The number of rotatable bonds is 4. The number of halogens is 1. The van der Waals surface area contributed by atoms with Crippen LogP contribution in [-0.2, 0) is 4.79 Å². The lowest BCUT2D eigenvalue weighted by Crippen LogP contribution is -2.41. The number of carbonyl (C=O) groups excluding carboxylic acids is 1. The third-order valence-corrected chi connectivity index (χ3v) is 4.09. The zero-order chi connectivity index (χ0) is 13.7. The maximum Gasteiger partial charge on any atom is 0.222 e. The van der Waals surface area contributed by atoms with Crippen LogP contribution >= 0.6 is 12.4 Å². The zero-order valence-corrected chi connectivity index (χ0v) is 12.9. The van der Waals surface area contributed by atoms with E-state index in [0.717, 1.165) is 12.0 Å². The van der Waals surface area contributed by atoms with Gasteiger partial charge in [-0.3, -0.25) is 4.79 Å². The highest BCUT2D eigenvalue weighted by Gasteiger charge is 2.23. The molecule has 0 bridgehead atoms. The first kappa shape index (κ1) is 17.0. The Hall–Kier alpha value is -1.06. The predicted molar refractivity (Wildman–Crippen MR) is 84.8 cm³/mol. The van der Waals surface area contributed by atoms with E-state index in [2.05, 4.69) is 12.2 Å². The highest BCUT2D eigenvalue weighted by molar-refractivity contribution is 5.85. The molecule has 3 atom stereocenters. The van der Waals surface area contributed by atoms with Crippen LogP contribution in [0.1, 0.15) is 50.6 Å². The molecule has 1 aliphatic rings. The van der Waals surface area contributed by atoms with Gasteiger partial charge in [-0.2, -0.15) is 0 Å². The van der Waals surface area contributed by atoms with Crippen LogP contribution in [0.5, 0.6) is 0 Å². The Balaban J connectivity index is 0.00000200. The van der Waals surface area contributed by atoms with Gasteiger partial charge in [0, 0.05) is 18.5 Å². The highest BCUT2D eigenvalue weighted by atomic mass is 35.5. The lowest BCUT2D eigenvalue weighted by Gasteiger charge is -2.29. The first-order valence-corrected chi connectivity index (χ1v) is 7.26. The molecule has 1 amide bonds. The summed E-state index contributed by atoms with van der Waals surface area (Å²) in [5.41, 5.74) is 7.10. The summed E-state index contributed by atoms with van der Waals surface area (Å²) < 4.78 is 0. The van der Waals surface area contributed by atoms with Gasteiger partial charge in [0.15, 0.2) is 0 Å². The van der Waals surface area contributed by atoms with E-state index in [1.807, 2.05) is 30.3 Å². The van der Waals surface area contributed by atoms with E-state index in [-0.39, 0.29) is 24.4 Å². The van der Waals surface area contributed by atoms with Crippen LogP contribution in [-0.4, -0.2) is 11.9 Å². The molecule has 1 aromatic rings. The third-order valence-electron chi connectivity index (χ3n) is 4.09. The SMILES string of the molecule is CC1CCCCC1NC(=O)CC(N)c1ccccc1.Cl. The summed E-state index contributed by atoms with van der Waals surface area (Å²) in [4.78, 5) is 12.0. The Morgan fingerprint density at radius 1 is 1.30 bits per heavy atom. The molecule has 3 nitrogen and oxygen atoms in total. The van der Waals surface area contributed by atoms with Crippen molar-refractivity contribution in [3.8, 4) is 0 Å². The topological polar surface area (TPSA) is 55.1 Å². The Labute approximate surface area is 127 Å². The molecule has 1 aliphatic carbocycles. The van der Waals surface area contributed by atoms with Gasteiger partial charge in [0.1, 0.15) is 0 Å². The summed E-state index contributed by atoms with van der Waals surface area (Å²) in [6.45, 7) is 2.22. The maximum atomic E-state index is 12.0. The number of benzene rings is 1. The molecule has 1 aromatic carbocycles. The molecule has 2 rings (SSSR count). The smallest absolute Gasteiger partial charge is 0.222 e. The van der Waals surface area contributed by atoms with E-state index in [9.17, 15) is 4.79 Å². The zero-order valence-electron chi connectivity index (χ0n) is 12.0. The van der Waals surface area contributed by atoms with E-state index >= 15 is 0 Å². The summed E-state index contributed by atoms with van der Waals surface area (Å²) in [6.07, 6.45) is 5.20. The molecule has 0 aliphatic heterocycles. The largest absolute Gasteiger partial charge is 0.353 e. The number of nitrogens with one attached hydrogen (secondary N) is 1. The van der Waals surface area contributed by atoms with Crippen molar-refractivity contribution in [1.29, 1.82) is 0 Å². The standard InChI is InChI=1S/C16H24N2O.ClH/c1-12-7-5-6-10-15(12)18-16(19)11-14(17)13-8-3-2-4-9-13;/h2-4,8-9,12,14-15H,5-7,10-11,17H2,1H3,(H,18,19);1H. The monoisotopic (exact) mass is 296 g/mol. The molecule has 20 heavy (non-hydrogen) atoms. The van der Waals surface area contributed by atoms with Gasteiger partial charge >= 0.3 is 0 Å². The van der Waals surface area contributed by atoms with Crippen molar-refractivity contribution in [3.63, 3.8) is 0 Å². The fraction of sp³-hybridized carbons (Fsp3) is 0.562. The minimum atomic E-state index is -0.208. The Bertz CT molecular complexity index is 410. The van der Waals surface area contributed by atoms with E-state index in [4.69, 9.17) is 5.73 Å². The summed E-state index contributed by atoms with van der Waals surface area (Å²) in [6, 6.07) is 9.94. The second-order valence-electron chi connectivity index (χ2n) is 5.66. The minimum absolute atomic E-state index is 0. The van der Waals surface area contributed by atoms with Crippen LogP contribution in [0.4, 0.5) is 0 Å². The Morgan fingerprint density at radius 3 is 2.60 bits per heavy atom. The van der Waals surface area contributed by atoms with Gasteiger partial charge in [0.05, 0.1) is 0 Å². The molecule has 1 saturated carbocycles. The van der Waals surface area contributed by atoms with Crippen LogP contribution < -0.4 is 11.1 Å². The van der Waals surface area contributed by atoms with Gasteiger partial charge in [-0.25, -0.2) is 0 Å². The van der Waals surface area contributed by atoms with E-state index in [0.29, 0.717) is 18.4 Å². The fourth-order valence-corrected chi connectivity index (χ4v) is 2.81. The van der Waals surface area contributed by atoms with Crippen molar-refractivity contribution in [2.45, 2.75) is 51.1 Å². The average molecular weight is 297 g/mol. The van der Waals surface area contributed by atoms with Gasteiger partial charge < -0.3 is 11.1 Å². The van der Waals surface area contributed by atoms with E-state index < -0.39 is 0 Å². The number of hydrogen-bond acceptors (Lipinski definition) is 2. The van der Waals surface area contributed by atoms with Crippen molar-refractivity contribution in [2.75, 3.05) is 0 Å². The van der Waals surface area contributed by atoms with Crippen molar-refractivity contribution in [3.05, 3.63) is 35.9 Å². The number of carbonyl (C=O) groups is 1. The molecule has 4 heteroatoms. The molecule has 3 unspecified atom stereocenters. The quantitative estimate of drug-likeness (QED) is 0.896. The average Bonchev–Trinajstić information content (AvgIpc) is 2.42. The predicted octanol–water partition coefficient (Wildman–Crippen LogP) is 3.19. The van der Waals surface area contributed by atoms with Crippen molar-refractivity contribution in [1.82, 2.24) is 5.32 Å². The van der Waals surface area contributed by atoms with Crippen LogP contribution in [0.15, 0.2) is 30.3 Å². The van der Waals surface area contributed by atoms with Gasteiger partial charge in [0.25, 0.3) is 0 Å². The lowest BCUT2D eigenvalue weighted by atomic mass is 9.86. The Kier molecular flexibility index (Phi) is 7.03. The molecule has 0 aromatic heterocycles. The van der Waals surface area contributed by atoms with E-state index in [1.54, 1.807) is 0 Å². The van der Waals surface area contributed by atoms with Crippen LogP contribution in [0.25, 0.3) is 0 Å². The molecule has 0 heterocycles. The molecule has 3 N–H and O–H groups in total. The van der Waals surface area contributed by atoms with E-state index in [1.165, 1.54) is 19.3 Å². The summed E-state index contributed by atoms with van der Waals surface area (Å²) in [7, 11) is 0. The van der Waals surface area contributed by atoms with Gasteiger partial charge in [-0.1, -0.05) is 50.1 Å². The van der Waals surface area contributed by atoms with Crippen molar-refractivity contribution >= 4 is 18.3 Å². The molecule has 0 radical (unpaired) electrons. The van der Waals surface area contributed by atoms with Gasteiger partial charge in [0.2, 0.25) is 5.91 Å². The second kappa shape index (κ2) is 8.28. The number of hydrogen-bond donors (Lipinski definition) is 2. The first-order chi connectivity index (χ1) is 9.16. The molecule has 112 valence electrons. The van der Waals surface area contributed by atoms with Gasteiger partial charge in [-0.05, 0) is 24.3 Å².